The van der Waals surface area contributed by atoms with E-state index >= 15 is 0 Å². The second-order valence-corrected chi connectivity index (χ2v) is 5.46. The van der Waals surface area contributed by atoms with Crippen molar-refractivity contribution in [2.45, 2.75) is 45.1 Å². The van der Waals surface area contributed by atoms with Gasteiger partial charge in [0.15, 0.2) is 0 Å². The lowest BCUT2D eigenvalue weighted by Gasteiger charge is -2.23. The molecule has 1 saturated heterocycles. The fourth-order valence-corrected chi connectivity index (χ4v) is 1.98. The zero-order valence-corrected chi connectivity index (χ0v) is 9.95. The molecule has 2 rings (SSSR count). The smallest absolute Gasteiger partial charge is 0.0644 e. The quantitative estimate of drug-likeness (QED) is 0.764. The number of rotatable bonds is 1. The van der Waals surface area contributed by atoms with Crippen molar-refractivity contribution in [2.24, 2.45) is 0 Å². The Morgan fingerprint density at radius 2 is 2.27 bits per heavy atom. The predicted octanol–water partition coefficient (Wildman–Crippen LogP) is 2.11. The number of nitrogens with zero attached hydrogens (tertiary/aromatic N) is 2. The molecule has 0 aliphatic carbocycles. The number of hydrogen-bond acceptors (Lipinski definition) is 2. The summed E-state index contributed by atoms with van der Waals surface area (Å²) < 4.78 is 2.13. The molecule has 1 aromatic rings. The fraction of sp³-hybridized carbons (Fsp3) is 0.750. The average Bonchev–Trinajstić information content (AvgIpc) is 2.67. The lowest BCUT2D eigenvalue weighted by molar-refractivity contribution is 0.346. The molecule has 1 aromatic heterocycles. The van der Waals surface area contributed by atoms with Crippen molar-refractivity contribution in [1.29, 1.82) is 0 Å². The van der Waals surface area contributed by atoms with E-state index in [1.165, 1.54) is 18.4 Å². The van der Waals surface area contributed by atoms with Crippen LogP contribution >= 0.6 is 0 Å². The Hall–Kier alpha value is -0.830. The lowest BCUT2D eigenvalue weighted by Crippen LogP contribution is -2.31. The van der Waals surface area contributed by atoms with Gasteiger partial charge in [-0.25, -0.2) is 0 Å². The van der Waals surface area contributed by atoms with Crippen LogP contribution in [0.1, 0.15) is 45.2 Å². The number of hydrogen-bond donors (Lipinski definition) is 1. The molecule has 3 nitrogen and oxygen atoms in total. The molecule has 0 spiro atoms. The highest BCUT2D eigenvalue weighted by Gasteiger charge is 2.19. The molecule has 0 aromatic carbocycles. The minimum Gasteiger partial charge on any atom is -0.315 e. The molecule has 2 heterocycles. The summed E-state index contributed by atoms with van der Waals surface area (Å²) in [6, 6.07) is 0.551. The molecule has 1 fully saturated rings. The molecule has 0 amide bonds. The number of piperidine rings is 1. The largest absolute Gasteiger partial charge is 0.315 e. The third kappa shape index (κ3) is 2.40. The molecule has 84 valence electrons. The summed E-state index contributed by atoms with van der Waals surface area (Å²) in [5, 5.41) is 7.90. The Balaban J connectivity index is 2.12. The van der Waals surface area contributed by atoms with Crippen molar-refractivity contribution in [3.8, 4) is 0 Å². The maximum absolute atomic E-state index is 4.48. The van der Waals surface area contributed by atoms with E-state index < -0.39 is 0 Å². The molecule has 1 aliphatic heterocycles. The van der Waals surface area contributed by atoms with Gasteiger partial charge < -0.3 is 5.32 Å². The van der Waals surface area contributed by atoms with Crippen molar-refractivity contribution in [3.05, 3.63) is 18.0 Å². The van der Waals surface area contributed by atoms with E-state index in [9.17, 15) is 0 Å². The molecule has 0 radical (unpaired) electrons. The van der Waals surface area contributed by atoms with Gasteiger partial charge in [-0.1, -0.05) is 20.8 Å². The van der Waals surface area contributed by atoms with Crippen LogP contribution < -0.4 is 5.32 Å². The zero-order chi connectivity index (χ0) is 10.9. The Bertz CT molecular complexity index is 316. The van der Waals surface area contributed by atoms with E-state index in [0.717, 1.165) is 13.1 Å². The third-order valence-electron chi connectivity index (χ3n) is 3.11. The van der Waals surface area contributed by atoms with Gasteiger partial charge >= 0.3 is 0 Å². The van der Waals surface area contributed by atoms with Crippen LogP contribution in [-0.2, 0) is 5.41 Å². The Morgan fingerprint density at radius 3 is 2.80 bits per heavy atom. The van der Waals surface area contributed by atoms with E-state index in [0.29, 0.717) is 6.04 Å². The van der Waals surface area contributed by atoms with Crippen LogP contribution in [0.25, 0.3) is 0 Å². The SMILES string of the molecule is CC(C)(C)c1cnn([C@@H]2CCCNC2)c1. The van der Waals surface area contributed by atoms with Crippen molar-refractivity contribution in [1.82, 2.24) is 15.1 Å². The maximum atomic E-state index is 4.48. The van der Waals surface area contributed by atoms with Gasteiger partial charge in [-0.2, -0.15) is 5.10 Å². The normalized spacial score (nSPS) is 23.0. The fourth-order valence-electron chi connectivity index (χ4n) is 1.98. The van der Waals surface area contributed by atoms with Crippen molar-refractivity contribution < 1.29 is 0 Å². The highest BCUT2D eigenvalue weighted by Crippen LogP contribution is 2.23. The first-order chi connectivity index (χ1) is 7.07. The zero-order valence-electron chi connectivity index (χ0n) is 9.95. The summed E-state index contributed by atoms with van der Waals surface area (Å²) in [4.78, 5) is 0. The molecule has 1 N–H and O–H groups in total. The molecule has 0 bridgehead atoms. The minimum atomic E-state index is 0.209. The van der Waals surface area contributed by atoms with E-state index in [-0.39, 0.29) is 5.41 Å². The summed E-state index contributed by atoms with van der Waals surface area (Å²) in [7, 11) is 0. The minimum absolute atomic E-state index is 0.209. The van der Waals surface area contributed by atoms with Gasteiger partial charge in [0.1, 0.15) is 0 Å². The third-order valence-corrected chi connectivity index (χ3v) is 3.11. The van der Waals surface area contributed by atoms with Crippen molar-refractivity contribution in [3.63, 3.8) is 0 Å². The lowest BCUT2D eigenvalue weighted by atomic mass is 9.90. The first-order valence-electron chi connectivity index (χ1n) is 5.83. The first kappa shape index (κ1) is 10.7. The van der Waals surface area contributed by atoms with Crippen molar-refractivity contribution in [2.75, 3.05) is 13.1 Å². The maximum Gasteiger partial charge on any atom is 0.0644 e. The molecule has 0 unspecified atom stereocenters. The van der Waals surface area contributed by atoms with Crippen LogP contribution in [0.15, 0.2) is 12.4 Å². The Morgan fingerprint density at radius 1 is 1.47 bits per heavy atom. The molecule has 0 saturated carbocycles. The van der Waals surface area contributed by atoms with Crippen LogP contribution in [0.4, 0.5) is 0 Å². The molecule has 1 atom stereocenters. The van der Waals surface area contributed by atoms with Gasteiger partial charge in [0.2, 0.25) is 0 Å². The van der Waals surface area contributed by atoms with Crippen molar-refractivity contribution >= 4 is 0 Å². The number of nitrogens with one attached hydrogen (secondary N) is 1. The summed E-state index contributed by atoms with van der Waals surface area (Å²) >= 11 is 0. The van der Waals surface area contributed by atoms with E-state index in [1.54, 1.807) is 0 Å². The van der Waals surface area contributed by atoms with E-state index in [1.807, 2.05) is 6.20 Å². The summed E-state index contributed by atoms with van der Waals surface area (Å²) in [6.07, 6.45) is 6.72. The second kappa shape index (κ2) is 3.97. The highest BCUT2D eigenvalue weighted by molar-refractivity contribution is 5.15. The van der Waals surface area contributed by atoms with E-state index in [4.69, 9.17) is 0 Å². The predicted molar refractivity (Wildman–Crippen MR) is 62.1 cm³/mol. The highest BCUT2D eigenvalue weighted by atomic mass is 15.3. The summed E-state index contributed by atoms with van der Waals surface area (Å²) in [6.45, 7) is 8.91. The molecular weight excluding hydrogens is 186 g/mol. The van der Waals surface area contributed by atoms with Gasteiger partial charge in [-0.3, -0.25) is 4.68 Å². The standard InChI is InChI=1S/C12H21N3/c1-12(2,3)10-7-14-15(9-10)11-5-4-6-13-8-11/h7,9,11,13H,4-6,8H2,1-3H3/t11-/m1/s1. The van der Waals surface area contributed by atoms with Crippen LogP contribution in [0, 0.1) is 0 Å². The first-order valence-corrected chi connectivity index (χ1v) is 5.83. The van der Waals surface area contributed by atoms with E-state index in [2.05, 4.69) is 42.1 Å². The summed E-state index contributed by atoms with van der Waals surface area (Å²) in [5.41, 5.74) is 1.54. The van der Waals surface area contributed by atoms with Gasteiger partial charge in [0, 0.05) is 12.7 Å². The van der Waals surface area contributed by atoms with Gasteiger partial charge in [-0.15, -0.1) is 0 Å². The molecular formula is C12H21N3. The molecule has 3 heteroatoms. The van der Waals surface area contributed by atoms with Crippen LogP contribution in [-0.4, -0.2) is 22.9 Å². The number of aromatic nitrogens is 2. The monoisotopic (exact) mass is 207 g/mol. The van der Waals surface area contributed by atoms with Crippen LogP contribution in [0.5, 0.6) is 0 Å². The molecule has 1 aliphatic rings. The second-order valence-electron chi connectivity index (χ2n) is 5.46. The molecule has 15 heavy (non-hydrogen) atoms. The Labute approximate surface area is 91.9 Å². The van der Waals surface area contributed by atoms with Gasteiger partial charge in [-0.05, 0) is 30.4 Å². The van der Waals surface area contributed by atoms with Crippen LogP contribution in [0.2, 0.25) is 0 Å². The Kier molecular flexibility index (Phi) is 2.83. The topological polar surface area (TPSA) is 29.9 Å². The van der Waals surface area contributed by atoms with Crippen LogP contribution in [0.3, 0.4) is 0 Å². The van der Waals surface area contributed by atoms with Gasteiger partial charge in [0.05, 0.1) is 12.2 Å². The summed E-state index contributed by atoms with van der Waals surface area (Å²) in [5.74, 6) is 0. The van der Waals surface area contributed by atoms with Gasteiger partial charge in [0.25, 0.3) is 0 Å². The average molecular weight is 207 g/mol.